The van der Waals surface area contributed by atoms with E-state index in [0.29, 0.717) is 0 Å². The predicted molar refractivity (Wildman–Crippen MR) is 106 cm³/mol. The summed E-state index contributed by atoms with van der Waals surface area (Å²) in [7, 11) is -4.69. The topological polar surface area (TPSA) is 123 Å². The average Bonchev–Trinajstić information content (AvgIpc) is 2.72. The average molecular weight is 424 g/mol. The summed E-state index contributed by atoms with van der Waals surface area (Å²) in [5.41, 5.74) is 4.85. The molecule has 0 saturated heterocycles. The van der Waals surface area contributed by atoms with E-state index in [-0.39, 0.29) is 5.75 Å². The van der Waals surface area contributed by atoms with Crippen LogP contribution in [0.4, 0.5) is 0 Å². The summed E-state index contributed by atoms with van der Waals surface area (Å²) < 4.78 is 32.7. The highest BCUT2D eigenvalue weighted by atomic mass is 35.7. The van der Waals surface area contributed by atoms with Crippen LogP contribution in [0.2, 0.25) is 0 Å². The first-order chi connectivity index (χ1) is 14.3. The summed E-state index contributed by atoms with van der Waals surface area (Å²) in [6, 6.07) is 27.7. The van der Waals surface area contributed by atoms with Gasteiger partial charge in [-0.1, -0.05) is 78.9 Å². The summed E-state index contributed by atoms with van der Waals surface area (Å²) in [6.45, 7) is 0. The third-order valence-corrected chi connectivity index (χ3v) is 4.21. The third kappa shape index (κ3) is 6.12. The molecule has 0 bridgehead atoms. The number of aromatic hydroxyl groups is 1. The molecule has 152 valence electrons. The predicted octanol–water partition coefficient (Wildman–Crippen LogP) is 1.65. The summed E-state index contributed by atoms with van der Waals surface area (Å²) in [4.78, 5) is 4.80. The molecule has 0 aliphatic rings. The second-order valence-electron chi connectivity index (χ2n) is 6.26. The molecule has 4 aromatic rings. The molecule has 3 aromatic carbocycles. The van der Waals surface area contributed by atoms with Crippen LogP contribution in [-0.2, 0) is 0 Å². The van der Waals surface area contributed by atoms with Crippen molar-refractivity contribution < 1.29 is 34.0 Å². The first-order valence-electron chi connectivity index (χ1n) is 8.86. The van der Waals surface area contributed by atoms with Gasteiger partial charge in [0, 0.05) is 16.5 Å². The van der Waals surface area contributed by atoms with Crippen LogP contribution in [-0.4, -0.2) is 14.7 Å². The van der Waals surface area contributed by atoms with Gasteiger partial charge in [-0.15, -0.1) is 0 Å². The highest BCUT2D eigenvalue weighted by Crippen LogP contribution is 2.27. The number of nitrogens with zero attached hydrogens (tertiary/aromatic N) is 1. The molecule has 0 saturated carbocycles. The maximum atomic E-state index is 9.93. The van der Waals surface area contributed by atoms with Gasteiger partial charge in [0.05, 0.1) is 26.1 Å². The molecule has 30 heavy (non-hydrogen) atoms. The summed E-state index contributed by atoms with van der Waals surface area (Å²) in [6.07, 6.45) is 3.94. The van der Waals surface area contributed by atoms with Crippen molar-refractivity contribution in [1.82, 2.24) is 4.98 Å². The van der Waals surface area contributed by atoms with Gasteiger partial charge in [0.2, 0.25) is 0 Å². The van der Waals surface area contributed by atoms with E-state index in [9.17, 15) is 5.11 Å². The highest BCUT2D eigenvalue weighted by Gasteiger charge is 2.05. The van der Waals surface area contributed by atoms with Gasteiger partial charge >= 0.3 is 0 Å². The summed E-state index contributed by atoms with van der Waals surface area (Å²) in [5, 5.41) is 11.1. The van der Waals surface area contributed by atoms with Crippen molar-refractivity contribution in [3.8, 4) is 17.0 Å². The SMILES string of the molecule is Oc1ccccc1/C=C/c1ccccc1-c1ccc2ccccc2n1.[O-][Cl+3]([O-])([O-])O. The van der Waals surface area contributed by atoms with Gasteiger partial charge in [0.15, 0.2) is 0 Å². The van der Waals surface area contributed by atoms with Gasteiger partial charge in [-0.25, -0.2) is 4.98 Å². The smallest absolute Gasteiger partial charge is 0.122 e. The van der Waals surface area contributed by atoms with E-state index in [0.717, 1.165) is 33.3 Å². The van der Waals surface area contributed by atoms with Gasteiger partial charge < -0.3 is 5.11 Å². The van der Waals surface area contributed by atoms with Crippen LogP contribution in [0.15, 0.2) is 84.9 Å². The molecule has 4 rings (SSSR count). The maximum absolute atomic E-state index is 9.93. The Morgan fingerprint density at radius 3 is 2.00 bits per heavy atom. The number of hydrogen-bond donors (Lipinski definition) is 2. The van der Waals surface area contributed by atoms with Crippen molar-refractivity contribution in [2.24, 2.45) is 0 Å². The van der Waals surface area contributed by atoms with Crippen LogP contribution in [0.25, 0.3) is 34.3 Å². The van der Waals surface area contributed by atoms with E-state index in [1.165, 1.54) is 0 Å². The number of phenolic OH excluding ortho intramolecular Hbond substituents is 1. The van der Waals surface area contributed by atoms with E-state index in [4.69, 9.17) is 23.6 Å². The zero-order chi connectivity index (χ0) is 21.6. The van der Waals surface area contributed by atoms with Crippen LogP contribution >= 0.6 is 0 Å². The van der Waals surface area contributed by atoms with Gasteiger partial charge in [-0.3, -0.25) is 0 Å². The Kier molecular flexibility index (Phi) is 6.79. The molecule has 0 unspecified atom stereocenters. The maximum Gasteiger partial charge on any atom is 0.122 e. The van der Waals surface area contributed by atoms with Crippen molar-refractivity contribution >= 4 is 23.1 Å². The van der Waals surface area contributed by atoms with Crippen molar-refractivity contribution in [3.63, 3.8) is 0 Å². The lowest BCUT2D eigenvalue weighted by Crippen LogP contribution is -2.58. The number of fused-ring (bicyclic) bond motifs is 1. The molecule has 7 heteroatoms. The van der Waals surface area contributed by atoms with E-state index >= 15 is 0 Å². The fourth-order valence-corrected chi connectivity index (χ4v) is 2.90. The zero-order valence-corrected chi connectivity index (χ0v) is 16.4. The first kappa shape index (κ1) is 21.4. The second kappa shape index (κ2) is 9.49. The number of aromatic nitrogens is 1. The first-order valence-corrected chi connectivity index (χ1v) is 10.1. The van der Waals surface area contributed by atoms with Crippen LogP contribution in [0.3, 0.4) is 0 Å². The molecule has 2 N–H and O–H groups in total. The third-order valence-electron chi connectivity index (χ3n) is 4.21. The van der Waals surface area contributed by atoms with Gasteiger partial charge in [0.25, 0.3) is 0 Å². The molecule has 0 amide bonds. The number of para-hydroxylation sites is 2. The molecule has 0 aliphatic carbocycles. The number of pyridine rings is 1. The van der Waals surface area contributed by atoms with Gasteiger partial charge in [-0.2, -0.15) is 14.0 Å². The van der Waals surface area contributed by atoms with E-state index in [1.54, 1.807) is 6.07 Å². The minimum Gasteiger partial charge on any atom is -0.507 e. The molecular weight excluding hydrogens is 406 g/mol. The number of halogens is 1. The van der Waals surface area contributed by atoms with Gasteiger partial charge in [-0.05, 0) is 23.8 Å². The highest BCUT2D eigenvalue weighted by molar-refractivity contribution is 5.85. The lowest BCUT2D eigenvalue weighted by atomic mass is 10.0. The van der Waals surface area contributed by atoms with Crippen LogP contribution < -0.4 is 14.0 Å². The molecule has 0 aliphatic heterocycles. The Morgan fingerprint density at radius 1 is 0.700 bits per heavy atom. The molecule has 0 spiro atoms. The van der Waals surface area contributed by atoms with E-state index in [1.807, 2.05) is 60.7 Å². The quantitative estimate of drug-likeness (QED) is 0.483. The largest absolute Gasteiger partial charge is 0.507 e. The standard InChI is InChI=1S/C23H17NO.ClHO4/c25-23-12-6-3-9-19(23)14-13-17-7-1-4-10-20(17)22-16-15-18-8-2-5-11-21(18)24-22;2-1(3,4)5/h1-16,25H;(H,2,3,4,5)/b14-13+;. The lowest BCUT2D eigenvalue weighted by molar-refractivity contribution is -1.92. The fourth-order valence-electron chi connectivity index (χ4n) is 2.90. The molecule has 1 aromatic heterocycles. The van der Waals surface area contributed by atoms with Crippen molar-refractivity contribution in [3.05, 3.63) is 96.1 Å². The monoisotopic (exact) mass is 423 g/mol. The van der Waals surface area contributed by atoms with Crippen LogP contribution in [0, 0.1) is 10.2 Å². The second-order valence-corrected chi connectivity index (χ2v) is 7.06. The van der Waals surface area contributed by atoms with Crippen LogP contribution in [0.5, 0.6) is 5.75 Å². The Morgan fingerprint density at radius 2 is 1.27 bits per heavy atom. The Labute approximate surface area is 175 Å². The molecular formula is C23H18ClNO5. The van der Waals surface area contributed by atoms with Crippen molar-refractivity contribution in [2.45, 2.75) is 0 Å². The molecule has 6 nitrogen and oxygen atoms in total. The number of phenols is 1. The van der Waals surface area contributed by atoms with Crippen LogP contribution in [0.1, 0.15) is 11.1 Å². The van der Waals surface area contributed by atoms with Crippen molar-refractivity contribution in [1.29, 1.82) is 0 Å². The molecule has 0 radical (unpaired) electrons. The zero-order valence-electron chi connectivity index (χ0n) is 15.7. The van der Waals surface area contributed by atoms with Gasteiger partial charge in [0.1, 0.15) is 5.75 Å². The summed E-state index contributed by atoms with van der Waals surface area (Å²) in [5.74, 6) is 0.278. The minimum atomic E-state index is -4.69. The fraction of sp³-hybridized carbons (Fsp3) is 0. The van der Waals surface area contributed by atoms with E-state index < -0.39 is 10.2 Å². The normalized spacial score (nSPS) is 11.3. The summed E-state index contributed by atoms with van der Waals surface area (Å²) >= 11 is 0. The molecule has 0 atom stereocenters. The van der Waals surface area contributed by atoms with Crippen molar-refractivity contribution in [2.75, 3.05) is 0 Å². The molecule has 0 fully saturated rings. The molecule has 1 heterocycles. The number of hydrogen-bond acceptors (Lipinski definition) is 6. The Hall–Kier alpha value is -3.26. The lowest BCUT2D eigenvalue weighted by Gasteiger charge is -2.07. The Bertz CT molecular complexity index is 1170. The van der Waals surface area contributed by atoms with E-state index in [2.05, 4.69) is 30.3 Å². The Balaban J connectivity index is 0.000000461. The number of rotatable bonds is 3. The number of benzene rings is 3. The minimum absolute atomic E-state index is 0.278.